The molecule has 1 amide bonds. The van der Waals surface area contributed by atoms with E-state index in [1.54, 1.807) is 36.4 Å². The maximum Gasteiger partial charge on any atom is 0.251 e. The first kappa shape index (κ1) is 17.6. The Kier molecular flexibility index (Phi) is 6.03. The number of phenolic OH excluding ortho intramolecular Hbond substituents is 1. The van der Waals surface area contributed by atoms with Crippen molar-refractivity contribution in [3.05, 3.63) is 53.6 Å². The van der Waals surface area contributed by atoms with Crippen molar-refractivity contribution in [2.45, 2.75) is 13.0 Å². The van der Waals surface area contributed by atoms with Gasteiger partial charge in [0.05, 0.1) is 19.8 Å². The van der Waals surface area contributed by atoms with Gasteiger partial charge in [-0.3, -0.25) is 4.79 Å². The summed E-state index contributed by atoms with van der Waals surface area (Å²) in [5.74, 6) is 0.755. The van der Waals surface area contributed by atoms with Crippen LogP contribution in [0.5, 0.6) is 17.2 Å². The highest BCUT2D eigenvalue weighted by molar-refractivity contribution is 5.95. The minimum Gasteiger partial charge on any atom is -0.508 e. The Morgan fingerprint density at radius 2 is 2.00 bits per heavy atom. The molecule has 3 N–H and O–H groups in total. The third-order valence-electron chi connectivity index (χ3n) is 3.49. The van der Waals surface area contributed by atoms with Crippen molar-refractivity contribution >= 4 is 5.91 Å². The fourth-order valence-corrected chi connectivity index (χ4v) is 2.24. The lowest BCUT2D eigenvalue weighted by Gasteiger charge is -2.16. The molecule has 0 bridgehead atoms. The molecule has 6 heteroatoms. The lowest BCUT2D eigenvalue weighted by atomic mass is 10.1. The third kappa shape index (κ3) is 4.39. The Balaban J connectivity index is 2.14. The van der Waals surface area contributed by atoms with Gasteiger partial charge in [-0.05, 0) is 42.8 Å². The van der Waals surface area contributed by atoms with E-state index in [0.717, 1.165) is 5.56 Å². The van der Waals surface area contributed by atoms with Crippen LogP contribution >= 0.6 is 0 Å². The minimum absolute atomic E-state index is 0.112. The Morgan fingerprint density at radius 3 is 2.67 bits per heavy atom. The lowest BCUT2D eigenvalue weighted by Crippen LogP contribution is -2.26. The van der Waals surface area contributed by atoms with Crippen LogP contribution in [0.4, 0.5) is 0 Å². The number of hydrogen-bond acceptors (Lipinski definition) is 5. The predicted molar refractivity (Wildman–Crippen MR) is 89.6 cm³/mol. The maximum atomic E-state index is 12.4. The molecule has 24 heavy (non-hydrogen) atoms. The number of aliphatic hydroxyl groups excluding tert-OH is 1. The van der Waals surface area contributed by atoms with Crippen molar-refractivity contribution in [1.82, 2.24) is 5.32 Å². The van der Waals surface area contributed by atoms with Crippen molar-refractivity contribution in [1.29, 1.82) is 0 Å². The minimum atomic E-state index is -0.276. The van der Waals surface area contributed by atoms with Crippen LogP contribution in [0, 0.1) is 0 Å². The second kappa shape index (κ2) is 8.21. The number of carbonyl (C=O) groups excluding carboxylic acids is 1. The predicted octanol–water partition coefficient (Wildman–Crippen LogP) is 2.26. The SMILES string of the molecule is COc1ccc(C(=O)NC(C)c2cccc(O)c2)cc1OCCO. The first-order chi connectivity index (χ1) is 11.5. The van der Waals surface area contributed by atoms with E-state index in [1.807, 2.05) is 13.0 Å². The molecular formula is C18H21NO5. The Labute approximate surface area is 140 Å². The molecule has 0 aromatic heterocycles. The van der Waals surface area contributed by atoms with E-state index in [2.05, 4.69) is 5.32 Å². The Morgan fingerprint density at radius 1 is 1.21 bits per heavy atom. The maximum absolute atomic E-state index is 12.4. The van der Waals surface area contributed by atoms with Crippen LogP contribution in [0.3, 0.4) is 0 Å². The molecule has 0 saturated heterocycles. The topological polar surface area (TPSA) is 88.0 Å². The number of rotatable bonds is 7. The molecule has 0 aliphatic rings. The molecule has 0 saturated carbocycles. The van der Waals surface area contributed by atoms with E-state index < -0.39 is 0 Å². The number of amides is 1. The zero-order chi connectivity index (χ0) is 17.5. The number of benzene rings is 2. The van der Waals surface area contributed by atoms with E-state index in [-0.39, 0.29) is 30.9 Å². The summed E-state index contributed by atoms with van der Waals surface area (Å²) in [6.45, 7) is 1.81. The van der Waals surface area contributed by atoms with E-state index in [9.17, 15) is 9.90 Å². The van der Waals surface area contributed by atoms with Gasteiger partial charge in [0.2, 0.25) is 0 Å². The van der Waals surface area contributed by atoms with Crippen molar-refractivity contribution in [3.63, 3.8) is 0 Å². The number of methoxy groups -OCH3 is 1. The number of carbonyl (C=O) groups is 1. The molecule has 0 radical (unpaired) electrons. The first-order valence-corrected chi connectivity index (χ1v) is 7.56. The number of hydrogen-bond donors (Lipinski definition) is 3. The molecule has 128 valence electrons. The molecule has 1 atom stereocenters. The van der Waals surface area contributed by atoms with Gasteiger partial charge in [-0.15, -0.1) is 0 Å². The van der Waals surface area contributed by atoms with E-state index >= 15 is 0 Å². The number of nitrogens with one attached hydrogen (secondary N) is 1. The molecular weight excluding hydrogens is 310 g/mol. The van der Waals surface area contributed by atoms with Gasteiger partial charge in [0.15, 0.2) is 11.5 Å². The first-order valence-electron chi connectivity index (χ1n) is 7.56. The van der Waals surface area contributed by atoms with Gasteiger partial charge in [-0.25, -0.2) is 0 Å². The Hall–Kier alpha value is -2.73. The van der Waals surface area contributed by atoms with Crippen molar-refractivity contribution in [2.75, 3.05) is 20.3 Å². The van der Waals surface area contributed by atoms with Crippen LogP contribution in [0.2, 0.25) is 0 Å². The fraction of sp³-hybridized carbons (Fsp3) is 0.278. The summed E-state index contributed by atoms with van der Waals surface area (Å²) in [5.41, 5.74) is 1.21. The highest BCUT2D eigenvalue weighted by atomic mass is 16.5. The molecule has 6 nitrogen and oxygen atoms in total. The van der Waals surface area contributed by atoms with Gasteiger partial charge in [0.25, 0.3) is 5.91 Å². The summed E-state index contributed by atoms with van der Waals surface area (Å²) in [7, 11) is 1.50. The van der Waals surface area contributed by atoms with Gasteiger partial charge in [-0.1, -0.05) is 12.1 Å². The lowest BCUT2D eigenvalue weighted by molar-refractivity contribution is 0.0939. The molecule has 0 aliphatic carbocycles. The van der Waals surface area contributed by atoms with Gasteiger partial charge in [0.1, 0.15) is 12.4 Å². The molecule has 1 unspecified atom stereocenters. The van der Waals surface area contributed by atoms with Crippen LogP contribution in [0.15, 0.2) is 42.5 Å². The van der Waals surface area contributed by atoms with Gasteiger partial charge >= 0.3 is 0 Å². The second-order valence-electron chi connectivity index (χ2n) is 5.23. The molecule has 0 aliphatic heterocycles. The average Bonchev–Trinajstić information content (AvgIpc) is 2.59. The summed E-state index contributed by atoms with van der Waals surface area (Å²) in [4.78, 5) is 12.4. The van der Waals surface area contributed by atoms with Crippen molar-refractivity contribution < 1.29 is 24.5 Å². The van der Waals surface area contributed by atoms with Crippen LogP contribution in [0.25, 0.3) is 0 Å². The largest absolute Gasteiger partial charge is 0.508 e. The molecule has 2 rings (SSSR count). The highest BCUT2D eigenvalue weighted by Crippen LogP contribution is 2.28. The number of aliphatic hydroxyl groups is 1. The molecule has 0 heterocycles. The van der Waals surface area contributed by atoms with Crippen LogP contribution in [0.1, 0.15) is 28.9 Å². The molecule has 2 aromatic carbocycles. The summed E-state index contributed by atoms with van der Waals surface area (Å²) in [5, 5.41) is 21.3. The van der Waals surface area contributed by atoms with Gasteiger partial charge in [0, 0.05) is 5.56 Å². The standard InChI is InChI=1S/C18H21NO5/c1-12(13-4-3-5-15(21)10-13)19-18(22)14-6-7-16(23-2)17(11-14)24-9-8-20/h3-7,10-12,20-21H,8-9H2,1-2H3,(H,19,22). The summed E-state index contributed by atoms with van der Waals surface area (Å²) in [6, 6.07) is 11.3. The average molecular weight is 331 g/mol. The fourth-order valence-electron chi connectivity index (χ4n) is 2.24. The zero-order valence-electron chi connectivity index (χ0n) is 13.7. The van der Waals surface area contributed by atoms with E-state index in [0.29, 0.717) is 17.1 Å². The molecule has 2 aromatic rings. The Bertz CT molecular complexity index is 702. The van der Waals surface area contributed by atoms with Crippen LogP contribution in [-0.2, 0) is 0 Å². The monoisotopic (exact) mass is 331 g/mol. The zero-order valence-corrected chi connectivity index (χ0v) is 13.7. The number of ether oxygens (including phenoxy) is 2. The highest BCUT2D eigenvalue weighted by Gasteiger charge is 2.14. The number of aromatic hydroxyl groups is 1. The van der Waals surface area contributed by atoms with E-state index in [1.165, 1.54) is 7.11 Å². The second-order valence-corrected chi connectivity index (χ2v) is 5.23. The number of phenols is 1. The van der Waals surface area contributed by atoms with Gasteiger partial charge in [-0.2, -0.15) is 0 Å². The van der Waals surface area contributed by atoms with Gasteiger partial charge < -0.3 is 25.0 Å². The summed E-state index contributed by atoms with van der Waals surface area (Å²) in [6.07, 6.45) is 0. The van der Waals surface area contributed by atoms with Crippen molar-refractivity contribution in [2.24, 2.45) is 0 Å². The quantitative estimate of drug-likeness (QED) is 0.724. The molecule has 0 spiro atoms. The van der Waals surface area contributed by atoms with Crippen molar-refractivity contribution in [3.8, 4) is 17.2 Å². The summed E-state index contributed by atoms with van der Waals surface area (Å²) < 4.78 is 10.6. The van der Waals surface area contributed by atoms with Crippen LogP contribution in [-0.4, -0.2) is 36.4 Å². The smallest absolute Gasteiger partial charge is 0.251 e. The normalized spacial score (nSPS) is 11.6. The third-order valence-corrected chi connectivity index (χ3v) is 3.49. The molecule has 0 fully saturated rings. The summed E-state index contributed by atoms with van der Waals surface area (Å²) >= 11 is 0. The van der Waals surface area contributed by atoms with E-state index in [4.69, 9.17) is 14.6 Å². The van der Waals surface area contributed by atoms with Crippen LogP contribution < -0.4 is 14.8 Å².